The molecule has 0 unspecified atom stereocenters. The van der Waals surface area contributed by atoms with Crippen molar-refractivity contribution in [2.24, 2.45) is 0 Å². The molecular weight excluding hydrogens is 220 g/mol. The van der Waals surface area contributed by atoms with Crippen molar-refractivity contribution < 1.29 is 0 Å². The maximum atomic E-state index is 6.06. The monoisotopic (exact) mass is 232 g/mol. The highest BCUT2D eigenvalue weighted by atomic mass is 35.5. The van der Waals surface area contributed by atoms with Crippen LogP contribution < -0.4 is 5.32 Å². The smallest absolute Gasteiger partial charge is 0.126 e. The summed E-state index contributed by atoms with van der Waals surface area (Å²) in [6.07, 6.45) is 1.80. The van der Waals surface area contributed by atoms with Gasteiger partial charge < -0.3 is 5.32 Å². The molecule has 16 heavy (non-hydrogen) atoms. The normalized spacial score (nSPS) is 10.1. The van der Waals surface area contributed by atoms with Crippen molar-refractivity contribution in [2.75, 3.05) is 5.32 Å². The van der Waals surface area contributed by atoms with Gasteiger partial charge in [-0.1, -0.05) is 29.8 Å². The molecule has 0 aliphatic heterocycles. The minimum Gasteiger partial charge on any atom is -0.366 e. The van der Waals surface area contributed by atoms with Crippen LogP contribution in [0.25, 0.3) is 0 Å². The molecule has 0 spiro atoms. The van der Waals surface area contributed by atoms with Crippen LogP contribution in [-0.4, -0.2) is 4.98 Å². The van der Waals surface area contributed by atoms with Gasteiger partial charge in [-0.15, -0.1) is 0 Å². The number of nitrogens with zero attached hydrogens (tertiary/aromatic N) is 1. The number of pyridine rings is 1. The highest BCUT2D eigenvalue weighted by Crippen LogP contribution is 2.16. The molecule has 0 saturated heterocycles. The minimum absolute atomic E-state index is 0.691. The zero-order valence-corrected chi connectivity index (χ0v) is 9.83. The second-order valence-electron chi connectivity index (χ2n) is 3.66. The zero-order valence-electron chi connectivity index (χ0n) is 9.07. The van der Waals surface area contributed by atoms with Gasteiger partial charge in [0, 0.05) is 17.8 Å². The van der Waals surface area contributed by atoms with Gasteiger partial charge in [-0.05, 0) is 36.2 Å². The van der Waals surface area contributed by atoms with Crippen LogP contribution in [0.5, 0.6) is 0 Å². The molecule has 3 heteroatoms. The van der Waals surface area contributed by atoms with Gasteiger partial charge in [0.2, 0.25) is 0 Å². The number of anilines is 1. The Bertz CT molecular complexity index is 483. The Hall–Kier alpha value is -1.54. The van der Waals surface area contributed by atoms with Crippen molar-refractivity contribution >= 4 is 17.4 Å². The van der Waals surface area contributed by atoms with Crippen LogP contribution >= 0.6 is 11.6 Å². The van der Waals surface area contributed by atoms with Crippen molar-refractivity contribution in [2.45, 2.75) is 13.5 Å². The summed E-state index contributed by atoms with van der Waals surface area (Å²) in [6.45, 7) is 2.73. The molecule has 0 fully saturated rings. The van der Waals surface area contributed by atoms with E-state index in [9.17, 15) is 0 Å². The summed E-state index contributed by atoms with van der Waals surface area (Å²) in [5.74, 6) is 0.875. The largest absolute Gasteiger partial charge is 0.366 e. The summed E-state index contributed by atoms with van der Waals surface area (Å²) in [5, 5.41) is 4.03. The maximum absolute atomic E-state index is 6.06. The van der Waals surface area contributed by atoms with Gasteiger partial charge in [0.25, 0.3) is 0 Å². The number of aromatic nitrogens is 1. The molecule has 1 aromatic carbocycles. The highest BCUT2D eigenvalue weighted by Gasteiger charge is 1.99. The molecule has 0 amide bonds. The van der Waals surface area contributed by atoms with Crippen LogP contribution in [0.1, 0.15) is 11.1 Å². The standard InChI is InChI=1S/C13H13ClN2/c1-10-6-7-15-13(8-10)16-9-11-4-2-3-5-12(11)14/h2-8H,9H2,1H3,(H,15,16). The lowest BCUT2D eigenvalue weighted by atomic mass is 10.2. The Morgan fingerprint density at radius 2 is 2.06 bits per heavy atom. The number of rotatable bonds is 3. The first-order valence-corrected chi connectivity index (χ1v) is 5.53. The summed E-state index contributed by atoms with van der Waals surface area (Å²) < 4.78 is 0. The summed E-state index contributed by atoms with van der Waals surface area (Å²) >= 11 is 6.06. The summed E-state index contributed by atoms with van der Waals surface area (Å²) in [5.41, 5.74) is 2.27. The number of aryl methyl sites for hydroxylation is 1. The fourth-order valence-corrected chi connectivity index (χ4v) is 1.66. The van der Waals surface area contributed by atoms with Gasteiger partial charge in [0.1, 0.15) is 5.82 Å². The first kappa shape index (κ1) is 11.0. The Morgan fingerprint density at radius 1 is 1.25 bits per heavy atom. The summed E-state index contributed by atoms with van der Waals surface area (Å²) in [7, 11) is 0. The van der Waals surface area contributed by atoms with Gasteiger partial charge in [-0.25, -0.2) is 4.98 Å². The van der Waals surface area contributed by atoms with E-state index in [1.807, 2.05) is 43.3 Å². The van der Waals surface area contributed by atoms with Gasteiger partial charge in [0.15, 0.2) is 0 Å². The molecular formula is C13H13ClN2. The van der Waals surface area contributed by atoms with Crippen molar-refractivity contribution in [3.63, 3.8) is 0 Å². The number of hydrogen-bond acceptors (Lipinski definition) is 2. The molecule has 0 saturated carbocycles. The molecule has 2 rings (SSSR count). The molecule has 0 aliphatic carbocycles. The second kappa shape index (κ2) is 4.99. The second-order valence-corrected chi connectivity index (χ2v) is 4.07. The maximum Gasteiger partial charge on any atom is 0.126 e. The van der Waals surface area contributed by atoms with Gasteiger partial charge in [-0.3, -0.25) is 0 Å². The van der Waals surface area contributed by atoms with Crippen LogP contribution in [0.2, 0.25) is 5.02 Å². The summed E-state index contributed by atoms with van der Waals surface area (Å²) in [6, 6.07) is 11.8. The third kappa shape index (κ3) is 2.74. The van der Waals surface area contributed by atoms with Crippen LogP contribution in [0.3, 0.4) is 0 Å². The van der Waals surface area contributed by atoms with E-state index in [2.05, 4.69) is 10.3 Å². The summed E-state index contributed by atoms with van der Waals surface area (Å²) in [4.78, 5) is 4.23. The lowest BCUT2D eigenvalue weighted by Gasteiger charge is -2.07. The van der Waals surface area contributed by atoms with Crippen LogP contribution in [0, 0.1) is 6.92 Å². The first-order chi connectivity index (χ1) is 7.75. The van der Waals surface area contributed by atoms with E-state index in [0.29, 0.717) is 6.54 Å². The molecule has 1 N–H and O–H groups in total. The lowest BCUT2D eigenvalue weighted by Crippen LogP contribution is -2.01. The van der Waals surface area contributed by atoms with Crippen molar-refractivity contribution in [1.82, 2.24) is 4.98 Å². The van der Waals surface area contributed by atoms with Crippen LogP contribution in [0.4, 0.5) is 5.82 Å². The Morgan fingerprint density at radius 3 is 2.81 bits per heavy atom. The minimum atomic E-state index is 0.691. The first-order valence-electron chi connectivity index (χ1n) is 5.15. The molecule has 2 nitrogen and oxygen atoms in total. The van der Waals surface area contributed by atoms with Crippen molar-refractivity contribution in [3.05, 3.63) is 58.7 Å². The van der Waals surface area contributed by atoms with Gasteiger partial charge in [-0.2, -0.15) is 0 Å². The van der Waals surface area contributed by atoms with E-state index in [-0.39, 0.29) is 0 Å². The number of halogens is 1. The Kier molecular flexibility index (Phi) is 3.42. The lowest BCUT2D eigenvalue weighted by molar-refractivity contribution is 1.11. The van der Waals surface area contributed by atoms with Crippen molar-refractivity contribution in [1.29, 1.82) is 0 Å². The molecule has 82 valence electrons. The third-order valence-corrected chi connectivity index (χ3v) is 2.70. The average molecular weight is 233 g/mol. The van der Waals surface area contributed by atoms with Crippen LogP contribution in [0.15, 0.2) is 42.6 Å². The zero-order chi connectivity index (χ0) is 11.4. The van der Waals surface area contributed by atoms with Crippen LogP contribution in [-0.2, 0) is 6.54 Å². The molecule has 0 aliphatic rings. The molecule has 1 heterocycles. The number of benzene rings is 1. The average Bonchev–Trinajstić information content (AvgIpc) is 2.28. The Balaban J connectivity index is 2.05. The molecule has 0 atom stereocenters. The fourth-order valence-electron chi connectivity index (χ4n) is 1.46. The number of nitrogens with one attached hydrogen (secondary N) is 1. The fraction of sp³-hybridized carbons (Fsp3) is 0.154. The highest BCUT2D eigenvalue weighted by molar-refractivity contribution is 6.31. The quantitative estimate of drug-likeness (QED) is 0.874. The molecule has 0 radical (unpaired) electrons. The predicted molar refractivity (Wildman–Crippen MR) is 67.8 cm³/mol. The van der Waals surface area contributed by atoms with E-state index in [4.69, 9.17) is 11.6 Å². The predicted octanol–water partition coefficient (Wildman–Crippen LogP) is 3.66. The van der Waals surface area contributed by atoms with E-state index >= 15 is 0 Å². The number of hydrogen-bond donors (Lipinski definition) is 1. The van der Waals surface area contributed by atoms with Crippen molar-refractivity contribution in [3.8, 4) is 0 Å². The molecule has 1 aromatic heterocycles. The van der Waals surface area contributed by atoms with E-state index in [1.165, 1.54) is 5.56 Å². The SMILES string of the molecule is Cc1ccnc(NCc2ccccc2Cl)c1. The Labute approximate surface area is 100 Å². The molecule has 2 aromatic rings. The topological polar surface area (TPSA) is 24.9 Å². The van der Waals surface area contributed by atoms with E-state index in [0.717, 1.165) is 16.4 Å². The van der Waals surface area contributed by atoms with Gasteiger partial charge >= 0.3 is 0 Å². The van der Waals surface area contributed by atoms with Gasteiger partial charge in [0.05, 0.1) is 0 Å². The van der Waals surface area contributed by atoms with E-state index in [1.54, 1.807) is 6.20 Å². The van der Waals surface area contributed by atoms with E-state index < -0.39 is 0 Å². The third-order valence-electron chi connectivity index (χ3n) is 2.33. The molecule has 0 bridgehead atoms.